The van der Waals surface area contributed by atoms with Crippen molar-refractivity contribution >= 4 is 12.0 Å². The van der Waals surface area contributed by atoms with Crippen molar-refractivity contribution in [3.05, 3.63) is 75.9 Å². The highest BCUT2D eigenvalue weighted by Gasteiger charge is 2.68. The van der Waals surface area contributed by atoms with Gasteiger partial charge in [-0.15, -0.1) is 0 Å². The molecule has 0 spiro atoms. The summed E-state index contributed by atoms with van der Waals surface area (Å²) in [6.07, 6.45) is -9.96. The van der Waals surface area contributed by atoms with Gasteiger partial charge in [0, 0.05) is 17.4 Å². The highest BCUT2D eigenvalue weighted by atomic mass is 19.4. The molecule has 0 atom stereocenters. The van der Waals surface area contributed by atoms with Gasteiger partial charge in [0.25, 0.3) is 5.60 Å². The van der Waals surface area contributed by atoms with E-state index in [1.165, 1.54) is 6.07 Å². The third kappa shape index (κ3) is 6.41. The molecule has 0 heterocycles. The summed E-state index contributed by atoms with van der Waals surface area (Å²) < 4.78 is 78.2. The number of rotatable bonds is 8. The van der Waals surface area contributed by atoms with E-state index in [0.717, 1.165) is 22.3 Å². The summed E-state index contributed by atoms with van der Waals surface area (Å²) in [5.41, 5.74) is -1.39. The Morgan fingerprint density at radius 1 is 0.895 bits per heavy atom. The van der Waals surface area contributed by atoms with Crippen LogP contribution in [0.1, 0.15) is 72.9 Å². The third-order valence-electron chi connectivity index (χ3n) is 6.86. The maximum Gasteiger partial charge on any atom is 0.430 e. The Balaban J connectivity index is 2.47. The number of aryl methyl sites for hydroxylation is 2. The number of aliphatic hydroxyl groups is 1. The van der Waals surface area contributed by atoms with E-state index in [1.807, 2.05) is 39.0 Å². The molecule has 2 aromatic carbocycles. The molecule has 0 aromatic heterocycles. The lowest BCUT2D eigenvalue weighted by molar-refractivity contribution is -0.347. The van der Waals surface area contributed by atoms with Crippen LogP contribution in [0, 0.1) is 25.7 Å². The van der Waals surface area contributed by atoms with Gasteiger partial charge in [-0.25, -0.2) is 0 Å². The van der Waals surface area contributed by atoms with Crippen molar-refractivity contribution < 1.29 is 41.4 Å². The molecular weight excluding hydrogens is 510 g/mol. The molecule has 0 radical (unpaired) electrons. The second-order valence-corrected chi connectivity index (χ2v) is 9.18. The van der Waals surface area contributed by atoms with Crippen LogP contribution in [0.2, 0.25) is 0 Å². The fourth-order valence-electron chi connectivity index (χ4n) is 4.38. The Morgan fingerprint density at radius 3 is 1.87 bits per heavy atom. The van der Waals surface area contributed by atoms with Crippen molar-refractivity contribution in [2.75, 3.05) is 0 Å². The number of benzene rings is 2. The van der Waals surface area contributed by atoms with Crippen LogP contribution >= 0.6 is 0 Å². The van der Waals surface area contributed by atoms with Crippen LogP contribution in [0.25, 0.3) is 6.08 Å². The highest BCUT2D eigenvalue weighted by Crippen LogP contribution is 2.45. The summed E-state index contributed by atoms with van der Waals surface area (Å²) in [5, 5.41) is 18.2. The van der Waals surface area contributed by atoms with Crippen molar-refractivity contribution in [3.63, 3.8) is 0 Å². The fourth-order valence-corrected chi connectivity index (χ4v) is 4.38. The van der Waals surface area contributed by atoms with E-state index in [-0.39, 0.29) is 24.5 Å². The largest absolute Gasteiger partial charge is 0.481 e. The minimum atomic E-state index is -5.93. The smallest absolute Gasteiger partial charge is 0.430 e. The summed E-state index contributed by atoms with van der Waals surface area (Å²) in [6.45, 7) is 7.46. The normalized spacial score (nSPS) is 12.9. The molecule has 0 saturated heterocycles. The minimum absolute atomic E-state index is 0.0465. The van der Waals surface area contributed by atoms with Gasteiger partial charge in [0.05, 0.1) is 6.42 Å². The first kappa shape index (κ1) is 31.0. The molecule has 0 fully saturated rings. The predicted octanol–water partition coefficient (Wildman–Crippen LogP) is 7.49. The average Bonchev–Trinajstić information content (AvgIpc) is 2.81. The number of carboxylic acids is 1. The second kappa shape index (κ2) is 11.6. The standard InChI is InChI=1S/C29H30F6O3/c1-5-26(6-2,23-13-11-21(19(3)17-23)9-7-8-10-25(36)37)24-14-12-22(20(4)18-24)15-16-27(38,28(30,31)32)29(33,34)35/h11-18,38H,5-6,8,10H2,1-4H3,(H,36,37). The molecule has 0 saturated carbocycles. The van der Waals surface area contributed by atoms with Crippen LogP contribution < -0.4 is 0 Å². The molecule has 0 aliphatic heterocycles. The molecule has 9 heteroatoms. The summed E-state index contributed by atoms with van der Waals surface area (Å²) in [4.78, 5) is 10.7. The molecule has 2 aromatic rings. The van der Waals surface area contributed by atoms with Crippen molar-refractivity contribution in [1.29, 1.82) is 0 Å². The Morgan fingerprint density at radius 2 is 1.42 bits per heavy atom. The molecule has 2 N–H and O–H groups in total. The zero-order chi connectivity index (χ0) is 28.9. The van der Waals surface area contributed by atoms with E-state index in [9.17, 15) is 36.2 Å². The van der Waals surface area contributed by atoms with Crippen molar-refractivity contribution in [2.24, 2.45) is 0 Å². The number of halogens is 6. The molecular formula is C29H30F6O3. The van der Waals surface area contributed by atoms with Crippen molar-refractivity contribution in [3.8, 4) is 11.8 Å². The minimum Gasteiger partial charge on any atom is -0.481 e. The highest BCUT2D eigenvalue weighted by molar-refractivity contribution is 5.67. The van der Waals surface area contributed by atoms with E-state index in [4.69, 9.17) is 5.11 Å². The first-order valence-corrected chi connectivity index (χ1v) is 12.0. The number of aliphatic carboxylic acids is 1. The molecule has 38 heavy (non-hydrogen) atoms. The molecule has 0 unspecified atom stereocenters. The van der Waals surface area contributed by atoms with Gasteiger partial charge in [0.1, 0.15) is 0 Å². The van der Waals surface area contributed by atoms with Crippen LogP contribution in [0.15, 0.2) is 42.5 Å². The Hall–Kier alpha value is -3.25. The van der Waals surface area contributed by atoms with Gasteiger partial charge in [-0.3, -0.25) is 4.79 Å². The molecule has 0 bridgehead atoms. The van der Waals surface area contributed by atoms with Gasteiger partial charge in [-0.05, 0) is 66.6 Å². The molecule has 0 aliphatic rings. The average molecular weight is 541 g/mol. The van der Waals surface area contributed by atoms with E-state index in [2.05, 4.69) is 11.8 Å². The lowest BCUT2D eigenvalue weighted by Crippen LogP contribution is -2.55. The van der Waals surface area contributed by atoms with Crippen LogP contribution in [-0.4, -0.2) is 34.1 Å². The molecule has 0 aliphatic carbocycles. The van der Waals surface area contributed by atoms with E-state index < -0.39 is 29.3 Å². The molecule has 2 rings (SSSR count). The lowest BCUT2D eigenvalue weighted by Gasteiger charge is -2.34. The maximum absolute atomic E-state index is 13.0. The van der Waals surface area contributed by atoms with E-state index >= 15 is 0 Å². The van der Waals surface area contributed by atoms with Crippen molar-refractivity contribution in [1.82, 2.24) is 0 Å². The first-order valence-electron chi connectivity index (χ1n) is 12.0. The van der Waals surface area contributed by atoms with Crippen LogP contribution in [0.3, 0.4) is 0 Å². The Labute approximate surface area is 218 Å². The first-order chi connectivity index (χ1) is 17.5. The lowest BCUT2D eigenvalue weighted by atomic mass is 9.69. The van der Waals surface area contributed by atoms with Crippen LogP contribution in [0.4, 0.5) is 26.3 Å². The van der Waals surface area contributed by atoms with Crippen molar-refractivity contribution in [2.45, 2.75) is 76.7 Å². The Kier molecular flexibility index (Phi) is 9.49. The topological polar surface area (TPSA) is 57.5 Å². The number of hydrogen-bond acceptors (Lipinski definition) is 2. The number of carbonyl (C=O) groups is 1. The maximum atomic E-state index is 13.0. The molecule has 0 amide bonds. The van der Waals surface area contributed by atoms with E-state index in [1.54, 1.807) is 19.1 Å². The molecule has 3 nitrogen and oxygen atoms in total. The van der Waals surface area contributed by atoms with Gasteiger partial charge in [-0.2, -0.15) is 26.3 Å². The predicted molar refractivity (Wildman–Crippen MR) is 134 cm³/mol. The van der Waals surface area contributed by atoms with Gasteiger partial charge in [0.2, 0.25) is 0 Å². The number of carboxylic acid groups (broad SMARTS) is 1. The molecule has 206 valence electrons. The number of alkyl halides is 6. The summed E-state index contributed by atoms with van der Waals surface area (Å²) in [6, 6.07) is 10.6. The third-order valence-corrected chi connectivity index (χ3v) is 6.86. The van der Waals surface area contributed by atoms with E-state index in [0.29, 0.717) is 24.5 Å². The van der Waals surface area contributed by atoms with Crippen LogP contribution in [-0.2, 0) is 10.2 Å². The second-order valence-electron chi connectivity index (χ2n) is 9.18. The van der Waals surface area contributed by atoms with Gasteiger partial charge in [-0.1, -0.05) is 62.1 Å². The Bertz CT molecular complexity index is 1230. The van der Waals surface area contributed by atoms with Gasteiger partial charge in [0.15, 0.2) is 0 Å². The van der Waals surface area contributed by atoms with Crippen LogP contribution in [0.5, 0.6) is 0 Å². The quantitative estimate of drug-likeness (QED) is 0.269. The summed E-state index contributed by atoms with van der Waals surface area (Å²) >= 11 is 0. The summed E-state index contributed by atoms with van der Waals surface area (Å²) in [7, 11) is 0. The SMILES string of the molecule is CCC(CC)(c1ccc(C#CCCC(=O)O)c(C)c1)c1ccc(C=CC(O)(C(F)(F)F)C(F)(F)F)c(C)c1. The zero-order valence-corrected chi connectivity index (χ0v) is 21.5. The fraction of sp³-hybridized carbons (Fsp3) is 0.414. The van der Waals surface area contributed by atoms with Gasteiger partial charge >= 0.3 is 18.3 Å². The number of hydrogen-bond donors (Lipinski definition) is 2. The monoisotopic (exact) mass is 540 g/mol. The zero-order valence-electron chi connectivity index (χ0n) is 21.5. The van der Waals surface area contributed by atoms with Gasteiger partial charge < -0.3 is 10.2 Å². The summed E-state index contributed by atoms with van der Waals surface area (Å²) in [5.74, 6) is 4.91.